The summed E-state index contributed by atoms with van der Waals surface area (Å²) in [6, 6.07) is 12.7. The second-order valence-corrected chi connectivity index (χ2v) is 7.02. The van der Waals surface area contributed by atoms with Crippen LogP contribution in [-0.4, -0.2) is 66.5 Å². The molecule has 2 amide bonds. The Morgan fingerprint density at radius 1 is 0.781 bits per heavy atom. The van der Waals surface area contributed by atoms with E-state index in [1.165, 1.54) is 25.1 Å². The van der Waals surface area contributed by atoms with E-state index in [0.29, 0.717) is 43.1 Å². The normalized spacial score (nSPS) is 13.3. The van der Waals surface area contributed by atoms with Gasteiger partial charge in [0.2, 0.25) is 0 Å². The molecule has 0 atom stereocenters. The maximum atomic E-state index is 12.8. The standard InChI is InChI=1S/C23H24N2O7/c1-3-30-23(29)32-19-9-7-17(8-10-19)21(27)24-11-13-25(14-12-24)22(28)18-5-4-6-20(15-18)31-16(2)26/h4-10,15H,3,11-14H2,1-2H3. The molecule has 0 radical (unpaired) electrons. The van der Waals surface area contributed by atoms with E-state index in [1.807, 2.05) is 0 Å². The van der Waals surface area contributed by atoms with Crippen LogP contribution < -0.4 is 9.47 Å². The van der Waals surface area contributed by atoms with E-state index in [4.69, 9.17) is 14.2 Å². The molecule has 0 N–H and O–H groups in total. The number of carbonyl (C=O) groups excluding carboxylic acids is 4. The lowest BCUT2D eigenvalue weighted by Gasteiger charge is -2.35. The van der Waals surface area contributed by atoms with Gasteiger partial charge in [0.25, 0.3) is 11.8 Å². The third-order valence-corrected chi connectivity index (χ3v) is 4.76. The van der Waals surface area contributed by atoms with E-state index in [1.54, 1.807) is 47.1 Å². The summed E-state index contributed by atoms with van der Waals surface area (Å²) in [5, 5.41) is 0. The quantitative estimate of drug-likeness (QED) is 0.400. The number of carbonyl (C=O) groups is 4. The van der Waals surface area contributed by atoms with Crippen LogP contribution in [-0.2, 0) is 9.53 Å². The third kappa shape index (κ3) is 5.84. The molecule has 3 rings (SSSR count). The molecule has 9 nitrogen and oxygen atoms in total. The first-order valence-corrected chi connectivity index (χ1v) is 10.2. The monoisotopic (exact) mass is 440 g/mol. The highest BCUT2D eigenvalue weighted by atomic mass is 16.7. The number of piperazine rings is 1. The number of benzene rings is 2. The van der Waals surface area contributed by atoms with E-state index in [0.717, 1.165) is 0 Å². The molecule has 2 aromatic rings. The van der Waals surface area contributed by atoms with Crippen LogP contribution >= 0.6 is 0 Å². The molecule has 0 aromatic heterocycles. The third-order valence-electron chi connectivity index (χ3n) is 4.76. The van der Waals surface area contributed by atoms with Crippen LogP contribution in [0.5, 0.6) is 11.5 Å². The fraction of sp³-hybridized carbons (Fsp3) is 0.304. The fourth-order valence-corrected chi connectivity index (χ4v) is 3.25. The minimum absolute atomic E-state index is 0.170. The summed E-state index contributed by atoms with van der Waals surface area (Å²) < 4.78 is 14.7. The Bertz CT molecular complexity index is 996. The van der Waals surface area contributed by atoms with E-state index in [9.17, 15) is 19.2 Å². The molecule has 32 heavy (non-hydrogen) atoms. The number of nitrogens with zero attached hydrogens (tertiary/aromatic N) is 2. The summed E-state index contributed by atoms with van der Waals surface area (Å²) in [5.41, 5.74) is 0.871. The summed E-state index contributed by atoms with van der Waals surface area (Å²) in [4.78, 5) is 51.4. The average Bonchev–Trinajstić information content (AvgIpc) is 2.78. The molecule has 9 heteroatoms. The Balaban J connectivity index is 1.56. The average molecular weight is 440 g/mol. The minimum atomic E-state index is -0.800. The lowest BCUT2D eigenvalue weighted by atomic mass is 10.1. The van der Waals surface area contributed by atoms with Crippen molar-refractivity contribution >= 4 is 23.9 Å². The van der Waals surface area contributed by atoms with E-state index in [-0.39, 0.29) is 24.2 Å². The Morgan fingerprint density at radius 2 is 1.38 bits per heavy atom. The zero-order chi connectivity index (χ0) is 23.1. The van der Waals surface area contributed by atoms with Crippen LogP contribution in [0.3, 0.4) is 0 Å². The Kier molecular flexibility index (Phi) is 7.43. The first-order valence-electron chi connectivity index (χ1n) is 10.2. The summed E-state index contributed by atoms with van der Waals surface area (Å²) >= 11 is 0. The molecule has 0 aliphatic carbocycles. The van der Waals surface area contributed by atoms with Crippen molar-refractivity contribution in [3.63, 3.8) is 0 Å². The fourth-order valence-electron chi connectivity index (χ4n) is 3.25. The molecular weight excluding hydrogens is 416 g/mol. The van der Waals surface area contributed by atoms with E-state index < -0.39 is 12.1 Å². The lowest BCUT2D eigenvalue weighted by molar-refractivity contribution is -0.131. The van der Waals surface area contributed by atoms with Gasteiger partial charge in [0.15, 0.2) is 0 Å². The highest BCUT2D eigenvalue weighted by molar-refractivity contribution is 5.96. The van der Waals surface area contributed by atoms with Crippen molar-refractivity contribution in [2.45, 2.75) is 13.8 Å². The summed E-state index contributed by atoms with van der Waals surface area (Å²) in [6.45, 7) is 4.72. The molecule has 1 heterocycles. The number of esters is 1. The zero-order valence-electron chi connectivity index (χ0n) is 17.9. The van der Waals surface area contributed by atoms with Gasteiger partial charge in [-0.25, -0.2) is 4.79 Å². The van der Waals surface area contributed by atoms with Gasteiger partial charge in [0.1, 0.15) is 11.5 Å². The van der Waals surface area contributed by atoms with Gasteiger partial charge in [0.05, 0.1) is 6.61 Å². The van der Waals surface area contributed by atoms with Gasteiger partial charge < -0.3 is 24.0 Å². The van der Waals surface area contributed by atoms with Crippen LogP contribution in [0.25, 0.3) is 0 Å². The minimum Gasteiger partial charge on any atom is -0.434 e. The molecular formula is C23H24N2O7. The topological polar surface area (TPSA) is 102 Å². The first-order chi connectivity index (χ1) is 15.4. The predicted molar refractivity (Wildman–Crippen MR) is 114 cm³/mol. The van der Waals surface area contributed by atoms with Crippen molar-refractivity contribution < 1.29 is 33.4 Å². The van der Waals surface area contributed by atoms with Crippen LogP contribution in [0, 0.1) is 0 Å². The number of rotatable bonds is 5. The molecule has 0 unspecified atom stereocenters. The van der Waals surface area contributed by atoms with E-state index in [2.05, 4.69) is 0 Å². The molecule has 2 aromatic carbocycles. The van der Waals surface area contributed by atoms with Gasteiger partial charge in [0, 0.05) is 44.2 Å². The molecule has 0 saturated carbocycles. The maximum absolute atomic E-state index is 12.8. The van der Waals surface area contributed by atoms with Crippen molar-refractivity contribution in [1.82, 2.24) is 9.80 Å². The molecule has 1 aliphatic rings. The first kappa shape index (κ1) is 22.8. The number of hydrogen-bond acceptors (Lipinski definition) is 7. The van der Waals surface area contributed by atoms with Crippen molar-refractivity contribution in [1.29, 1.82) is 0 Å². The second-order valence-electron chi connectivity index (χ2n) is 7.02. The number of ether oxygens (including phenoxy) is 3. The zero-order valence-corrected chi connectivity index (χ0v) is 17.9. The maximum Gasteiger partial charge on any atom is 0.513 e. The molecule has 0 spiro atoms. The highest BCUT2D eigenvalue weighted by Gasteiger charge is 2.26. The molecule has 168 valence electrons. The van der Waals surface area contributed by atoms with Crippen molar-refractivity contribution in [3.05, 3.63) is 59.7 Å². The molecule has 1 saturated heterocycles. The van der Waals surface area contributed by atoms with Crippen LogP contribution in [0.2, 0.25) is 0 Å². The second kappa shape index (κ2) is 10.4. The largest absolute Gasteiger partial charge is 0.513 e. The summed E-state index contributed by atoms with van der Waals surface area (Å²) in [5.74, 6) is -0.218. The highest BCUT2D eigenvalue weighted by Crippen LogP contribution is 2.18. The Hall–Kier alpha value is -3.88. The summed E-state index contributed by atoms with van der Waals surface area (Å²) in [7, 11) is 0. The SMILES string of the molecule is CCOC(=O)Oc1ccc(C(=O)N2CCN(C(=O)c3cccc(OC(C)=O)c3)CC2)cc1. The molecule has 0 bridgehead atoms. The van der Waals surface area contributed by atoms with E-state index >= 15 is 0 Å². The number of amides is 2. The van der Waals surface area contributed by atoms with Crippen molar-refractivity contribution in [2.75, 3.05) is 32.8 Å². The van der Waals surface area contributed by atoms with Gasteiger partial charge in [-0.1, -0.05) is 6.07 Å². The van der Waals surface area contributed by atoms with Gasteiger partial charge in [-0.3, -0.25) is 14.4 Å². The van der Waals surface area contributed by atoms with Crippen LogP contribution in [0.1, 0.15) is 34.6 Å². The van der Waals surface area contributed by atoms with Gasteiger partial charge >= 0.3 is 12.1 Å². The lowest BCUT2D eigenvalue weighted by Crippen LogP contribution is -2.50. The van der Waals surface area contributed by atoms with Gasteiger partial charge in [-0.15, -0.1) is 0 Å². The Morgan fingerprint density at radius 3 is 1.94 bits per heavy atom. The van der Waals surface area contributed by atoms with Crippen LogP contribution in [0.15, 0.2) is 48.5 Å². The van der Waals surface area contributed by atoms with Gasteiger partial charge in [-0.2, -0.15) is 0 Å². The van der Waals surface area contributed by atoms with Crippen molar-refractivity contribution in [3.8, 4) is 11.5 Å². The van der Waals surface area contributed by atoms with Gasteiger partial charge in [-0.05, 0) is 49.4 Å². The summed E-state index contributed by atoms with van der Waals surface area (Å²) in [6.07, 6.45) is -0.800. The predicted octanol–water partition coefficient (Wildman–Crippen LogP) is 2.75. The Labute approximate surface area is 185 Å². The molecule has 1 aliphatic heterocycles. The van der Waals surface area contributed by atoms with Crippen molar-refractivity contribution in [2.24, 2.45) is 0 Å². The molecule has 1 fully saturated rings. The van der Waals surface area contributed by atoms with Crippen LogP contribution in [0.4, 0.5) is 4.79 Å². The number of hydrogen-bond donors (Lipinski definition) is 0. The smallest absolute Gasteiger partial charge is 0.434 e.